The fraction of sp³-hybridized carbons (Fsp3) is 0.0164. The summed E-state index contributed by atoms with van der Waals surface area (Å²) in [4.78, 5) is 4.97. The lowest BCUT2D eigenvalue weighted by Crippen LogP contribution is -2.30. The van der Waals surface area contributed by atoms with Crippen LogP contribution in [0.25, 0.3) is 49.7 Å². The van der Waals surface area contributed by atoms with Crippen LogP contribution >= 0.6 is 0 Å². The molecule has 0 radical (unpaired) electrons. The summed E-state index contributed by atoms with van der Waals surface area (Å²) < 4.78 is 2.42. The Morgan fingerprint density at radius 1 is 0.297 bits per heavy atom. The van der Waals surface area contributed by atoms with E-state index in [1.807, 2.05) is 0 Å². The quantitative estimate of drug-likeness (QED) is 0.159. The van der Waals surface area contributed by atoms with Crippen LogP contribution in [0, 0.1) is 0 Å². The molecule has 10 aromatic carbocycles. The number of aromatic nitrogens is 1. The van der Waals surface area contributed by atoms with Gasteiger partial charge in [0, 0.05) is 50.3 Å². The molecule has 0 N–H and O–H groups in total. The highest BCUT2D eigenvalue weighted by atomic mass is 15.2. The third-order valence-corrected chi connectivity index (χ3v) is 13.5. The Kier molecular flexibility index (Phi) is 8.13. The van der Waals surface area contributed by atoms with Crippen LogP contribution in [-0.2, 0) is 5.41 Å². The maximum absolute atomic E-state index is 2.51. The maximum atomic E-state index is 2.51. The van der Waals surface area contributed by atoms with Gasteiger partial charge in [-0.05, 0) is 112 Å². The molecule has 1 atom stereocenters. The van der Waals surface area contributed by atoms with E-state index < -0.39 is 5.41 Å². The summed E-state index contributed by atoms with van der Waals surface area (Å²) in [5, 5.41) is 2.46. The van der Waals surface area contributed by atoms with Crippen molar-refractivity contribution in [2.45, 2.75) is 5.41 Å². The van der Waals surface area contributed by atoms with E-state index in [-0.39, 0.29) is 0 Å². The first-order valence-corrected chi connectivity index (χ1v) is 22.1. The predicted molar refractivity (Wildman–Crippen MR) is 266 cm³/mol. The van der Waals surface area contributed by atoms with Crippen LogP contribution in [0.15, 0.2) is 249 Å². The molecular weight excluding hydrogens is 775 g/mol. The van der Waals surface area contributed by atoms with Gasteiger partial charge in [-0.15, -0.1) is 0 Å². The number of rotatable bonds is 7. The van der Waals surface area contributed by atoms with Crippen molar-refractivity contribution in [1.29, 1.82) is 0 Å². The van der Waals surface area contributed by atoms with Gasteiger partial charge >= 0.3 is 0 Å². The Morgan fingerprint density at radius 3 is 1.27 bits per heavy atom. The molecule has 11 aromatic rings. The minimum absolute atomic E-state index is 0.678. The van der Waals surface area contributed by atoms with Crippen LogP contribution < -0.4 is 9.80 Å². The van der Waals surface area contributed by atoms with E-state index >= 15 is 0 Å². The summed E-state index contributed by atoms with van der Waals surface area (Å²) in [5.74, 6) is 0. The highest BCUT2D eigenvalue weighted by Gasteiger charge is 2.55. The normalized spacial score (nSPS) is 14.3. The van der Waals surface area contributed by atoms with Gasteiger partial charge < -0.3 is 14.4 Å². The van der Waals surface area contributed by atoms with Crippen molar-refractivity contribution < 1.29 is 0 Å². The average molecular weight is 816 g/mol. The van der Waals surface area contributed by atoms with Gasteiger partial charge in [0.25, 0.3) is 0 Å². The molecule has 1 unspecified atom stereocenters. The summed E-state index contributed by atoms with van der Waals surface area (Å²) in [7, 11) is 0. The van der Waals surface area contributed by atoms with E-state index in [9.17, 15) is 0 Å². The third-order valence-electron chi connectivity index (χ3n) is 13.5. The molecule has 0 saturated heterocycles. The zero-order valence-corrected chi connectivity index (χ0v) is 35.0. The van der Waals surface area contributed by atoms with Gasteiger partial charge in [-0.3, -0.25) is 0 Å². The SMILES string of the molecule is c1ccc(N(c2ccccc2)c2cccc3c2C2(c4ccccc4-3)c3ccccc3-c3cccc(N(c4ccccc4)c4ccc5c6ccccc6n(-c6ccccc6)c5c4)c32)cc1. The number of benzene rings is 10. The molecule has 64 heavy (non-hydrogen) atoms. The molecule has 1 heterocycles. The van der Waals surface area contributed by atoms with E-state index in [0.717, 1.165) is 45.3 Å². The Bertz CT molecular complexity index is 3510. The lowest BCUT2D eigenvalue weighted by molar-refractivity contribution is 0.792. The highest BCUT2D eigenvalue weighted by Crippen LogP contribution is 2.67. The second kappa shape index (κ2) is 14.3. The second-order valence-corrected chi connectivity index (χ2v) is 16.8. The topological polar surface area (TPSA) is 11.4 Å². The lowest BCUT2D eigenvalue weighted by Gasteiger charge is -2.38. The summed E-state index contributed by atoms with van der Waals surface area (Å²) in [6.07, 6.45) is 0. The highest BCUT2D eigenvalue weighted by molar-refractivity contribution is 6.11. The molecule has 0 saturated carbocycles. The minimum Gasteiger partial charge on any atom is -0.310 e. The van der Waals surface area contributed by atoms with Gasteiger partial charge in [0.15, 0.2) is 0 Å². The molecule has 1 spiro atoms. The number of fused-ring (bicyclic) bond motifs is 13. The van der Waals surface area contributed by atoms with Crippen LogP contribution in [0.3, 0.4) is 0 Å². The van der Waals surface area contributed by atoms with Gasteiger partial charge in [0.05, 0.1) is 27.8 Å². The Balaban J connectivity index is 1.15. The standard InChI is InChI=1S/C61H41N3/c1-5-21-42(22-6-1)62(43-23-7-2-8-24-43)56-37-19-32-51-47-29-13-16-34-53(47)61(59(51)56)54-35-17-14-30-48(54)52-33-20-38-57(60(52)61)63(44-25-9-3-10-26-44)46-39-40-50-49-31-15-18-36-55(49)64(58(50)41-46)45-27-11-4-12-28-45/h1-41H. The van der Waals surface area contributed by atoms with Crippen molar-refractivity contribution in [1.82, 2.24) is 4.57 Å². The smallest absolute Gasteiger partial charge is 0.0766 e. The minimum atomic E-state index is -0.678. The molecule has 1 aromatic heterocycles. The van der Waals surface area contributed by atoms with Crippen LogP contribution in [0.2, 0.25) is 0 Å². The number of hydrogen-bond donors (Lipinski definition) is 0. The van der Waals surface area contributed by atoms with Crippen molar-refractivity contribution in [3.63, 3.8) is 0 Å². The molecule has 0 bridgehead atoms. The lowest BCUT2D eigenvalue weighted by atomic mass is 9.69. The molecule has 3 nitrogen and oxygen atoms in total. The number of nitrogens with zero attached hydrogens (tertiary/aromatic N) is 3. The summed E-state index contributed by atoms with van der Waals surface area (Å²) in [6.45, 7) is 0. The van der Waals surface area contributed by atoms with Crippen LogP contribution in [0.5, 0.6) is 0 Å². The Hall–Kier alpha value is -8.40. The fourth-order valence-corrected chi connectivity index (χ4v) is 11.1. The van der Waals surface area contributed by atoms with Gasteiger partial charge in [-0.2, -0.15) is 0 Å². The van der Waals surface area contributed by atoms with Crippen molar-refractivity contribution in [3.05, 3.63) is 271 Å². The average Bonchev–Trinajstić information content (AvgIpc) is 3.98. The largest absolute Gasteiger partial charge is 0.310 e. The Labute approximate surface area is 373 Å². The summed E-state index contributed by atoms with van der Waals surface area (Å²) in [6, 6.07) is 91.4. The van der Waals surface area contributed by atoms with Gasteiger partial charge in [-0.1, -0.05) is 170 Å². The molecule has 3 heteroatoms. The van der Waals surface area contributed by atoms with Gasteiger partial charge in [0.2, 0.25) is 0 Å². The third kappa shape index (κ3) is 5.16. The fourth-order valence-electron chi connectivity index (χ4n) is 11.1. The van der Waals surface area contributed by atoms with Gasteiger partial charge in [0.1, 0.15) is 0 Å². The van der Waals surface area contributed by atoms with E-state index in [2.05, 4.69) is 263 Å². The van der Waals surface area contributed by atoms with Crippen molar-refractivity contribution >= 4 is 55.9 Å². The first-order chi connectivity index (χ1) is 31.8. The van der Waals surface area contributed by atoms with Gasteiger partial charge in [-0.25, -0.2) is 0 Å². The van der Waals surface area contributed by atoms with E-state index in [1.54, 1.807) is 0 Å². The number of hydrogen-bond acceptors (Lipinski definition) is 2. The maximum Gasteiger partial charge on any atom is 0.0766 e. The van der Waals surface area contributed by atoms with Crippen LogP contribution in [0.4, 0.5) is 34.1 Å². The van der Waals surface area contributed by atoms with E-state index in [1.165, 1.54) is 60.8 Å². The van der Waals surface area contributed by atoms with Crippen molar-refractivity contribution in [2.24, 2.45) is 0 Å². The second-order valence-electron chi connectivity index (χ2n) is 16.8. The molecule has 13 rings (SSSR count). The summed E-state index contributed by atoms with van der Waals surface area (Å²) in [5.41, 5.74) is 19.7. The number of anilines is 6. The molecule has 0 amide bonds. The summed E-state index contributed by atoms with van der Waals surface area (Å²) >= 11 is 0. The van der Waals surface area contributed by atoms with E-state index in [0.29, 0.717) is 0 Å². The monoisotopic (exact) mass is 815 g/mol. The Morgan fingerprint density at radius 2 is 0.719 bits per heavy atom. The molecule has 2 aliphatic carbocycles. The van der Waals surface area contributed by atoms with E-state index in [4.69, 9.17) is 0 Å². The van der Waals surface area contributed by atoms with Crippen molar-refractivity contribution in [3.8, 4) is 27.9 Å². The zero-order valence-electron chi connectivity index (χ0n) is 35.0. The number of para-hydroxylation sites is 5. The predicted octanol–water partition coefficient (Wildman–Crippen LogP) is 16.1. The molecule has 0 aliphatic heterocycles. The zero-order chi connectivity index (χ0) is 42.2. The van der Waals surface area contributed by atoms with Crippen LogP contribution in [0.1, 0.15) is 22.3 Å². The van der Waals surface area contributed by atoms with Crippen LogP contribution in [-0.4, -0.2) is 4.57 Å². The first-order valence-electron chi connectivity index (χ1n) is 22.1. The molecular formula is C61H41N3. The first kappa shape index (κ1) is 36.3. The molecule has 300 valence electrons. The molecule has 2 aliphatic rings. The van der Waals surface area contributed by atoms with Crippen molar-refractivity contribution in [2.75, 3.05) is 9.80 Å². The molecule has 0 fully saturated rings.